The van der Waals surface area contributed by atoms with Crippen LogP contribution in [0, 0.1) is 5.92 Å². The lowest BCUT2D eigenvalue weighted by molar-refractivity contribution is 0.0677. The summed E-state index contributed by atoms with van der Waals surface area (Å²) >= 11 is 0. The van der Waals surface area contributed by atoms with Crippen molar-refractivity contribution < 1.29 is 14.6 Å². The number of ether oxygens (including phenoxy) is 1. The number of nitrogens with one attached hydrogen (secondary N) is 1. The van der Waals surface area contributed by atoms with E-state index >= 15 is 0 Å². The summed E-state index contributed by atoms with van der Waals surface area (Å²) in [5.74, 6) is -0.680. The largest absolute Gasteiger partial charge is 0.477 e. The standard InChI is InChI=1S/C10H15N3O3/c14-10(15)9-1-2-12-13(9)6-8-5-11-3-4-16-7-8/h1-2,8,11H,3-7H2,(H,14,15). The van der Waals surface area contributed by atoms with Gasteiger partial charge >= 0.3 is 5.97 Å². The molecule has 1 aliphatic rings. The van der Waals surface area contributed by atoms with Crippen molar-refractivity contribution >= 4 is 5.97 Å². The quantitative estimate of drug-likeness (QED) is 0.746. The van der Waals surface area contributed by atoms with Crippen molar-refractivity contribution in [3.63, 3.8) is 0 Å². The van der Waals surface area contributed by atoms with E-state index in [2.05, 4.69) is 10.4 Å². The minimum Gasteiger partial charge on any atom is -0.477 e. The Balaban J connectivity index is 2.01. The summed E-state index contributed by atoms with van der Waals surface area (Å²) in [6, 6.07) is 1.51. The fraction of sp³-hybridized carbons (Fsp3) is 0.600. The minimum absolute atomic E-state index is 0.226. The van der Waals surface area contributed by atoms with Gasteiger partial charge in [0.25, 0.3) is 0 Å². The molecule has 16 heavy (non-hydrogen) atoms. The van der Waals surface area contributed by atoms with E-state index in [4.69, 9.17) is 9.84 Å². The predicted molar refractivity (Wildman–Crippen MR) is 56.4 cm³/mol. The van der Waals surface area contributed by atoms with Gasteiger partial charge in [-0.05, 0) is 6.07 Å². The van der Waals surface area contributed by atoms with Crippen LogP contribution in [0.1, 0.15) is 10.5 Å². The number of rotatable bonds is 3. The molecule has 1 unspecified atom stereocenters. The van der Waals surface area contributed by atoms with Gasteiger partial charge < -0.3 is 15.2 Å². The molecule has 1 aromatic rings. The zero-order valence-electron chi connectivity index (χ0n) is 8.93. The van der Waals surface area contributed by atoms with Gasteiger partial charge in [0.15, 0.2) is 0 Å². The molecule has 0 saturated carbocycles. The van der Waals surface area contributed by atoms with Crippen LogP contribution in [0.25, 0.3) is 0 Å². The molecule has 2 rings (SSSR count). The lowest BCUT2D eigenvalue weighted by Crippen LogP contribution is -2.27. The number of hydrogen-bond acceptors (Lipinski definition) is 4. The second-order valence-electron chi connectivity index (χ2n) is 3.85. The van der Waals surface area contributed by atoms with Crippen molar-refractivity contribution in [1.82, 2.24) is 15.1 Å². The van der Waals surface area contributed by atoms with Gasteiger partial charge in [-0.3, -0.25) is 4.68 Å². The third kappa shape index (κ3) is 2.59. The van der Waals surface area contributed by atoms with Crippen molar-refractivity contribution in [3.05, 3.63) is 18.0 Å². The maximum atomic E-state index is 10.9. The Labute approximate surface area is 93.2 Å². The number of hydrogen-bond donors (Lipinski definition) is 2. The highest BCUT2D eigenvalue weighted by molar-refractivity contribution is 5.85. The van der Waals surface area contributed by atoms with Crippen molar-refractivity contribution in [2.24, 2.45) is 5.92 Å². The molecular weight excluding hydrogens is 210 g/mol. The third-order valence-electron chi connectivity index (χ3n) is 2.58. The van der Waals surface area contributed by atoms with Crippen LogP contribution in [0.3, 0.4) is 0 Å². The first-order valence-electron chi connectivity index (χ1n) is 5.31. The Morgan fingerprint density at radius 1 is 1.75 bits per heavy atom. The topological polar surface area (TPSA) is 76.4 Å². The molecule has 6 nitrogen and oxygen atoms in total. The zero-order chi connectivity index (χ0) is 11.4. The molecule has 0 amide bonds. The average molecular weight is 225 g/mol. The first-order valence-corrected chi connectivity index (χ1v) is 5.31. The van der Waals surface area contributed by atoms with E-state index < -0.39 is 5.97 Å². The monoisotopic (exact) mass is 225 g/mol. The highest BCUT2D eigenvalue weighted by Gasteiger charge is 2.17. The predicted octanol–water partition coefficient (Wildman–Crippen LogP) is -0.183. The Hall–Kier alpha value is -1.40. The van der Waals surface area contributed by atoms with Crippen LogP contribution in [-0.4, -0.2) is 47.2 Å². The number of carbonyl (C=O) groups is 1. The molecule has 1 aliphatic heterocycles. The fourth-order valence-corrected chi connectivity index (χ4v) is 1.78. The van der Waals surface area contributed by atoms with Crippen LogP contribution >= 0.6 is 0 Å². The van der Waals surface area contributed by atoms with E-state index in [1.807, 2.05) is 0 Å². The Morgan fingerprint density at radius 2 is 2.62 bits per heavy atom. The second kappa shape index (κ2) is 5.09. The maximum absolute atomic E-state index is 10.9. The fourth-order valence-electron chi connectivity index (χ4n) is 1.78. The molecule has 0 radical (unpaired) electrons. The normalized spacial score (nSPS) is 21.6. The average Bonchev–Trinajstić information content (AvgIpc) is 2.55. The molecular formula is C10H15N3O3. The summed E-state index contributed by atoms with van der Waals surface area (Å²) < 4.78 is 6.92. The first kappa shape index (κ1) is 11.1. The molecule has 1 fully saturated rings. The molecule has 1 aromatic heterocycles. The SMILES string of the molecule is O=C(O)c1ccnn1CC1CNCCOC1. The zero-order valence-corrected chi connectivity index (χ0v) is 8.93. The third-order valence-corrected chi connectivity index (χ3v) is 2.58. The van der Waals surface area contributed by atoms with Gasteiger partial charge in [-0.2, -0.15) is 5.10 Å². The highest BCUT2D eigenvalue weighted by Crippen LogP contribution is 2.07. The number of aromatic nitrogens is 2. The summed E-state index contributed by atoms with van der Waals surface area (Å²) in [5.41, 5.74) is 0.226. The number of carboxylic acid groups (broad SMARTS) is 1. The van der Waals surface area contributed by atoms with Crippen molar-refractivity contribution in [3.8, 4) is 0 Å². The molecule has 0 aliphatic carbocycles. The van der Waals surface area contributed by atoms with Gasteiger partial charge in [0, 0.05) is 31.7 Å². The molecule has 6 heteroatoms. The van der Waals surface area contributed by atoms with Crippen LogP contribution in [0.15, 0.2) is 12.3 Å². The molecule has 1 saturated heterocycles. The summed E-state index contributed by atoms with van der Waals surface area (Å²) in [6.45, 7) is 3.61. The number of carboxylic acids is 1. The molecule has 2 N–H and O–H groups in total. The van der Waals surface area contributed by atoms with E-state index in [0.717, 1.165) is 13.1 Å². The van der Waals surface area contributed by atoms with Gasteiger partial charge in [-0.1, -0.05) is 0 Å². The summed E-state index contributed by atoms with van der Waals surface area (Å²) in [4.78, 5) is 10.9. The summed E-state index contributed by atoms with van der Waals surface area (Å²) in [5, 5.41) is 16.2. The summed E-state index contributed by atoms with van der Waals surface area (Å²) in [6.07, 6.45) is 1.51. The molecule has 0 aromatic carbocycles. The van der Waals surface area contributed by atoms with Crippen LogP contribution in [0.2, 0.25) is 0 Å². The van der Waals surface area contributed by atoms with Crippen LogP contribution in [-0.2, 0) is 11.3 Å². The van der Waals surface area contributed by atoms with Crippen molar-refractivity contribution in [2.45, 2.75) is 6.54 Å². The van der Waals surface area contributed by atoms with Gasteiger partial charge in [0.1, 0.15) is 5.69 Å². The highest BCUT2D eigenvalue weighted by atomic mass is 16.5. The molecule has 1 atom stereocenters. The number of aromatic carboxylic acids is 1. The molecule has 2 heterocycles. The van der Waals surface area contributed by atoms with Crippen LogP contribution < -0.4 is 5.32 Å². The van der Waals surface area contributed by atoms with Gasteiger partial charge in [0.2, 0.25) is 0 Å². The number of nitrogens with zero attached hydrogens (tertiary/aromatic N) is 2. The van der Waals surface area contributed by atoms with Crippen LogP contribution in [0.4, 0.5) is 0 Å². The minimum atomic E-state index is -0.944. The Bertz CT molecular complexity index is 356. The van der Waals surface area contributed by atoms with Gasteiger partial charge in [0.05, 0.1) is 13.2 Å². The van der Waals surface area contributed by atoms with Crippen molar-refractivity contribution in [2.75, 3.05) is 26.3 Å². The first-order chi connectivity index (χ1) is 7.77. The Morgan fingerprint density at radius 3 is 3.44 bits per heavy atom. The van der Waals surface area contributed by atoms with E-state index in [-0.39, 0.29) is 11.6 Å². The van der Waals surface area contributed by atoms with Crippen LogP contribution in [0.5, 0.6) is 0 Å². The second-order valence-corrected chi connectivity index (χ2v) is 3.85. The molecule has 88 valence electrons. The van der Waals surface area contributed by atoms with E-state index in [9.17, 15) is 4.79 Å². The van der Waals surface area contributed by atoms with E-state index in [1.54, 1.807) is 0 Å². The lowest BCUT2D eigenvalue weighted by Gasteiger charge is -2.14. The molecule has 0 spiro atoms. The van der Waals surface area contributed by atoms with E-state index in [1.165, 1.54) is 16.9 Å². The van der Waals surface area contributed by atoms with Crippen molar-refractivity contribution in [1.29, 1.82) is 0 Å². The van der Waals surface area contributed by atoms with E-state index in [0.29, 0.717) is 19.8 Å². The Kier molecular flexibility index (Phi) is 3.53. The summed E-state index contributed by atoms with van der Waals surface area (Å²) in [7, 11) is 0. The maximum Gasteiger partial charge on any atom is 0.354 e. The van der Waals surface area contributed by atoms with Gasteiger partial charge in [-0.15, -0.1) is 0 Å². The smallest absolute Gasteiger partial charge is 0.354 e. The molecule has 0 bridgehead atoms. The lowest BCUT2D eigenvalue weighted by atomic mass is 10.1. The van der Waals surface area contributed by atoms with Gasteiger partial charge in [-0.25, -0.2) is 4.79 Å².